The first-order valence-electron chi connectivity index (χ1n) is 6.64. The first kappa shape index (κ1) is 14.2. The van der Waals surface area contributed by atoms with Gasteiger partial charge in [-0.1, -0.05) is 52.0 Å². The summed E-state index contributed by atoms with van der Waals surface area (Å²) in [5.74, 6) is 0.662. The predicted molar refractivity (Wildman–Crippen MR) is 76.3 cm³/mol. The molecule has 0 fully saturated rings. The first-order valence-corrected chi connectivity index (χ1v) is 6.64. The van der Waals surface area contributed by atoms with Crippen molar-refractivity contribution in [3.8, 4) is 0 Å². The Labute approximate surface area is 106 Å². The summed E-state index contributed by atoms with van der Waals surface area (Å²) in [6, 6.07) is 9.34. The lowest BCUT2D eigenvalue weighted by Gasteiger charge is -2.20. The highest BCUT2D eigenvalue weighted by atomic mass is 14.6. The van der Waals surface area contributed by atoms with Crippen molar-refractivity contribution in [2.45, 2.75) is 58.9 Å². The number of hydrogen-bond donors (Lipinski definition) is 1. The van der Waals surface area contributed by atoms with Gasteiger partial charge < -0.3 is 5.73 Å². The number of hydrogen-bond acceptors (Lipinski definition) is 1. The second-order valence-electron chi connectivity index (χ2n) is 6.47. The van der Waals surface area contributed by atoms with E-state index in [9.17, 15) is 0 Å². The molecule has 0 saturated carbocycles. The molecule has 2 unspecified atom stereocenters. The van der Waals surface area contributed by atoms with Crippen molar-refractivity contribution in [2.75, 3.05) is 0 Å². The second kappa shape index (κ2) is 5.68. The van der Waals surface area contributed by atoms with Crippen LogP contribution in [0.1, 0.15) is 52.2 Å². The van der Waals surface area contributed by atoms with Gasteiger partial charge in [-0.15, -0.1) is 0 Å². The molecular weight excluding hydrogens is 206 g/mol. The molecule has 2 atom stereocenters. The third-order valence-electron chi connectivity index (χ3n) is 3.18. The van der Waals surface area contributed by atoms with Crippen molar-refractivity contribution in [3.63, 3.8) is 0 Å². The highest BCUT2D eigenvalue weighted by Gasteiger charge is 2.13. The largest absolute Gasteiger partial charge is 0.328 e. The van der Waals surface area contributed by atoms with Gasteiger partial charge in [0.2, 0.25) is 0 Å². The van der Waals surface area contributed by atoms with Crippen LogP contribution >= 0.6 is 0 Å². The molecule has 0 aromatic heterocycles. The fourth-order valence-corrected chi connectivity index (χ4v) is 2.26. The smallest absolute Gasteiger partial charge is 0.00131 e. The minimum atomic E-state index is 0.246. The maximum absolute atomic E-state index is 5.83. The Morgan fingerprint density at radius 3 is 2.00 bits per heavy atom. The van der Waals surface area contributed by atoms with E-state index < -0.39 is 0 Å². The molecule has 0 heterocycles. The minimum Gasteiger partial charge on any atom is -0.328 e. The Morgan fingerprint density at radius 2 is 1.59 bits per heavy atom. The number of rotatable bonds is 4. The molecular formula is C16H27N. The number of nitrogens with two attached hydrogens (primary N) is 1. The summed E-state index contributed by atoms with van der Waals surface area (Å²) in [6.45, 7) is 11.1. The Kier molecular flexibility index (Phi) is 4.76. The molecule has 1 nitrogen and oxygen atoms in total. The maximum Gasteiger partial charge on any atom is 0.00131 e. The molecule has 0 amide bonds. The van der Waals surface area contributed by atoms with E-state index >= 15 is 0 Å². The van der Waals surface area contributed by atoms with Crippen LogP contribution in [0.3, 0.4) is 0 Å². The zero-order valence-corrected chi connectivity index (χ0v) is 12.0. The lowest BCUT2D eigenvalue weighted by atomic mass is 9.86. The maximum atomic E-state index is 5.83. The molecule has 2 N–H and O–H groups in total. The van der Waals surface area contributed by atoms with Crippen molar-refractivity contribution in [2.24, 2.45) is 11.7 Å². The van der Waals surface area contributed by atoms with Gasteiger partial charge in [0.05, 0.1) is 0 Å². The molecule has 0 bridgehead atoms. The molecule has 1 aromatic carbocycles. The quantitative estimate of drug-likeness (QED) is 0.838. The second-order valence-corrected chi connectivity index (χ2v) is 6.47. The average Bonchev–Trinajstić information content (AvgIpc) is 2.15. The van der Waals surface area contributed by atoms with Crippen molar-refractivity contribution >= 4 is 0 Å². The lowest BCUT2D eigenvalue weighted by Crippen LogP contribution is -2.19. The average molecular weight is 233 g/mol. The van der Waals surface area contributed by atoms with Crippen molar-refractivity contribution in [1.82, 2.24) is 0 Å². The Balaban J connectivity index is 2.63. The van der Waals surface area contributed by atoms with E-state index in [0.717, 1.165) is 12.8 Å². The molecule has 1 aromatic rings. The molecule has 0 radical (unpaired) electrons. The molecule has 17 heavy (non-hydrogen) atoms. The van der Waals surface area contributed by atoms with Crippen LogP contribution in [0, 0.1) is 5.92 Å². The molecule has 1 rings (SSSR count). The third kappa shape index (κ3) is 4.91. The first-order chi connectivity index (χ1) is 7.79. The summed E-state index contributed by atoms with van der Waals surface area (Å²) in [6.07, 6.45) is 2.23. The van der Waals surface area contributed by atoms with Crippen LogP contribution in [0.25, 0.3) is 0 Å². The monoisotopic (exact) mass is 233 g/mol. The van der Waals surface area contributed by atoms with Crippen LogP contribution in [0.5, 0.6) is 0 Å². The molecule has 0 saturated heterocycles. The van der Waals surface area contributed by atoms with Gasteiger partial charge in [0.25, 0.3) is 0 Å². The van der Waals surface area contributed by atoms with E-state index in [2.05, 4.69) is 58.9 Å². The summed E-state index contributed by atoms with van der Waals surface area (Å²) >= 11 is 0. The SMILES string of the molecule is CC(N)CC(C)Cc1ccc(C(C)(C)C)cc1. The van der Waals surface area contributed by atoms with Crippen LogP contribution in [0.2, 0.25) is 0 Å². The summed E-state index contributed by atoms with van der Waals surface area (Å²) in [7, 11) is 0. The van der Waals surface area contributed by atoms with Crippen LogP contribution in [0.4, 0.5) is 0 Å². The van der Waals surface area contributed by atoms with Crippen molar-refractivity contribution in [1.29, 1.82) is 0 Å². The van der Waals surface area contributed by atoms with Gasteiger partial charge in [-0.25, -0.2) is 0 Å². The highest BCUT2D eigenvalue weighted by Crippen LogP contribution is 2.23. The van der Waals surface area contributed by atoms with E-state index in [1.165, 1.54) is 11.1 Å². The van der Waals surface area contributed by atoms with Gasteiger partial charge >= 0.3 is 0 Å². The molecule has 0 aliphatic heterocycles. The number of benzene rings is 1. The summed E-state index contributed by atoms with van der Waals surface area (Å²) in [4.78, 5) is 0. The molecule has 0 spiro atoms. The standard InChI is InChI=1S/C16H27N/c1-12(10-13(2)17)11-14-6-8-15(9-7-14)16(3,4)5/h6-9,12-13H,10-11,17H2,1-5H3. The van der Waals surface area contributed by atoms with Gasteiger partial charge in [0.15, 0.2) is 0 Å². The van der Waals surface area contributed by atoms with Gasteiger partial charge in [0.1, 0.15) is 0 Å². The lowest BCUT2D eigenvalue weighted by molar-refractivity contribution is 0.479. The molecule has 96 valence electrons. The van der Waals surface area contributed by atoms with E-state index in [4.69, 9.17) is 5.73 Å². The Hall–Kier alpha value is -0.820. The van der Waals surface area contributed by atoms with Crippen LogP contribution in [-0.4, -0.2) is 6.04 Å². The zero-order valence-electron chi connectivity index (χ0n) is 12.0. The van der Waals surface area contributed by atoms with Crippen molar-refractivity contribution in [3.05, 3.63) is 35.4 Å². The summed E-state index contributed by atoms with van der Waals surface area (Å²) in [5.41, 5.74) is 8.90. The molecule has 0 aliphatic rings. The van der Waals surface area contributed by atoms with Crippen molar-refractivity contribution < 1.29 is 0 Å². The fourth-order valence-electron chi connectivity index (χ4n) is 2.26. The van der Waals surface area contributed by atoms with Gasteiger partial charge in [-0.2, -0.15) is 0 Å². The van der Waals surface area contributed by atoms with E-state index in [1.807, 2.05) is 0 Å². The van der Waals surface area contributed by atoms with Crippen LogP contribution in [-0.2, 0) is 11.8 Å². The topological polar surface area (TPSA) is 26.0 Å². The Bertz CT molecular complexity index is 330. The Morgan fingerprint density at radius 1 is 1.06 bits per heavy atom. The fraction of sp³-hybridized carbons (Fsp3) is 0.625. The van der Waals surface area contributed by atoms with E-state index in [0.29, 0.717) is 12.0 Å². The minimum absolute atomic E-state index is 0.246. The highest BCUT2D eigenvalue weighted by molar-refractivity contribution is 5.27. The normalized spacial score (nSPS) is 15.6. The van der Waals surface area contributed by atoms with Crippen LogP contribution in [0.15, 0.2) is 24.3 Å². The molecule has 1 heteroatoms. The van der Waals surface area contributed by atoms with E-state index in [-0.39, 0.29) is 5.41 Å². The summed E-state index contributed by atoms with van der Waals surface area (Å²) in [5, 5.41) is 0. The predicted octanol–water partition coefficient (Wildman–Crippen LogP) is 3.90. The molecule has 0 aliphatic carbocycles. The zero-order chi connectivity index (χ0) is 13.1. The third-order valence-corrected chi connectivity index (χ3v) is 3.18. The van der Waals surface area contributed by atoms with Gasteiger partial charge in [-0.3, -0.25) is 0 Å². The van der Waals surface area contributed by atoms with Gasteiger partial charge in [0, 0.05) is 6.04 Å². The summed E-state index contributed by atoms with van der Waals surface area (Å²) < 4.78 is 0. The van der Waals surface area contributed by atoms with E-state index in [1.54, 1.807) is 0 Å². The van der Waals surface area contributed by atoms with Crippen LogP contribution < -0.4 is 5.73 Å². The van der Waals surface area contributed by atoms with Gasteiger partial charge in [-0.05, 0) is 42.2 Å².